The average molecular weight is 441 g/mol. The van der Waals surface area contributed by atoms with Gasteiger partial charge in [0, 0.05) is 17.8 Å². The molecular formula is C23H28N4O5. The Kier molecular flexibility index (Phi) is 8.76. The van der Waals surface area contributed by atoms with Crippen LogP contribution in [0.3, 0.4) is 0 Å². The van der Waals surface area contributed by atoms with E-state index >= 15 is 0 Å². The van der Waals surface area contributed by atoms with Crippen LogP contribution in [0, 0.1) is 0 Å². The van der Waals surface area contributed by atoms with Gasteiger partial charge in [0.1, 0.15) is 12.1 Å². The van der Waals surface area contributed by atoms with E-state index in [1.165, 1.54) is 0 Å². The van der Waals surface area contributed by atoms with E-state index in [1.54, 1.807) is 75.4 Å². The second-order valence-electron chi connectivity index (χ2n) is 7.93. The maximum Gasteiger partial charge on any atom is 0.408 e. The van der Waals surface area contributed by atoms with Crippen LogP contribution in [-0.2, 0) is 20.9 Å². The van der Waals surface area contributed by atoms with Crippen LogP contribution in [0.5, 0.6) is 0 Å². The topological polar surface area (TPSA) is 126 Å². The monoisotopic (exact) mass is 440 g/mol. The summed E-state index contributed by atoms with van der Waals surface area (Å²) >= 11 is 0. The van der Waals surface area contributed by atoms with Crippen LogP contribution in [0.4, 0.5) is 10.5 Å². The fraction of sp³-hybridized carbons (Fsp3) is 0.304. The number of ether oxygens (including phenoxy) is 1. The predicted molar refractivity (Wildman–Crippen MR) is 120 cm³/mol. The lowest BCUT2D eigenvalue weighted by molar-refractivity contribution is -0.120. The Morgan fingerprint density at radius 3 is 2.03 bits per heavy atom. The van der Waals surface area contributed by atoms with E-state index in [-0.39, 0.29) is 37.4 Å². The van der Waals surface area contributed by atoms with Gasteiger partial charge in [-0.15, -0.1) is 0 Å². The lowest BCUT2D eigenvalue weighted by atomic mass is 10.2. The first kappa shape index (κ1) is 24.4. The molecule has 9 heteroatoms. The van der Waals surface area contributed by atoms with Gasteiger partial charge in [0.2, 0.25) is 11.8 Å². The van der Waals surface area contributed by atoms with Crippen LogP contribution in [0.25, 0.3) is 0 Å². The molecule has 0 saturated heterocycles. The molecule has 170 valence electrons. The number of anilines is 1. The molecule has 0 aliphatic heterocycles. The Morgan fingerprint density at radius 2 is 1.41 bits per heavy atom. The fourth-order valence-electron chi connectivity index (χ4n) is 2.49. The van der Waals surface area contributed by atoms with E-state index in [0.717, 1.165) is 5.56 Å². The van der Waals surface area contributed by atoms with Crippen molar-refractivity contribution in [1.29, 1.82) is 0 Å². The van der Waals surface area contributed by atoms with E-state index in [9.17, 15) is 19.2 Å². The molecule has 0 aliphatic rings. The number of carbonyl (C=O) groups is 4. The smallest absolute Gasteiger partial charge is 0.408 e. The number of nitrogens with one attached hydrogen (secondary N) is 4. The summed E-state index contributed by atoms with van der Waals surface area (Å²) in [4.78, 5) is 47.4. The Morgan fingerprint density at radius 1 is 0.781 bits per heavy atom. The number of amides is 4. The standard InChI is InChI=1S/C23H28N4O5/c1-23(2,3)32-22(31)26-14-19(28)24-13-16-9-11-18(12-10-16)27-20(29)15-25-21(30)17-7-5-4-6-8-17/h4-12H,13-15H2,1-3H3,(H,24,28)(H,25,30)(H,26,31)(H,27,29). The molecule has 32 heavy (non-hydrogen) atoms. The Hall–Kier alpha value is -3.88. The third-order valence-electron chi connectivity index (χ3n) is 3.97. The van der Waals surface area contributed by atoms with E-state index in [0.29, 0.717) is 11.3 Å². The second kappa shape index (κ2) is 11.5. The van der Waals surface area contributed by atoms with Crippen LogP contribution in [-0.4, -0.2) is 42.5 Å². The van der Waals surface area contributed by atoms with Gasteiger partial charge in [-0.3, -0.25) is 14.4 Å². The minimum Gasteiger partial charge on any atom is -0.444 e. The molecule has 2 aromatic rings. The first-order valence-electron chi connectivity index (χ1n) is 10.1. The van der Waals surface area contributed by atoms with Crippen LogP contribution in [0.2, 0.25) is 0 Å². The Balaban J connectivity index is 1.70. The molecule has 0 spiro atoms. The molecule has 0 aliphatic carbocycles. The molecule has 0 fully saturated rings. The minimum atomic E-state index is -0.660. The molecule has 0 atom stereocenters. The van der Waals surface area contributed by atoms with Crippen LogP contribution < -0.4 is 21.3 Å². The summed E-state index contributed by atoms with van der Waals surface area (Å²) in [5.74, 6) is -1.04. The van der Waals surface area contributed by atoms with Gasteiger partial charge >= 0.3 is 6.09 Å². The summed E-state index contributed by atoms with van der Waals surface area (Å²) in [7, 11) is 0. The van der Waals surface area contributed by atoms with Crippen LogP contribution in [0.15, 0.2) is 54.6 Å². The van der Waals surface area contributed by atoms with Gasteiger partial charge in [0.05, 0.1) is 6.54 Å². The third kappa shape index (κ3) is 9.29. The first-order valence-corrected chi connectivity index (χ1v) is 10.1. The molecule has 0 aromatic heterocycles. The first-order chi connectivity index (χ1) is 15.1. The van der Waals surface area contributed by atoms with Crippen molar-refractivity contribution in [3.8, 4) is 0 Å². The van der Waals surface area contributed by atoms with E-state index in [2.05, 4.69) is 21.3 Å². The molecule has 0 unspecified atom stereocenters. The molecule has 0 radical (unpaired) electrons. The highest BCUT2D eigenvalue weighted by Gasteiger charge is 2.16. The molecule has 0 heterocycles. The second-order valence-corrected chi connectivity index (χ2v) is 7.93. The average Bonchev–Trinajstić information content (AvgIpc) is 2.75. The van der Waals surface area contributed by atoms with Crippen LogP contribution >= 0.6 is 0 Å². The SMILES string of the molecule is CC(C)(C)OC(=O)NCC(=O)NCc1ccc(NC(=O)CNC(=O)c2ccccc2)cc1. The van der Waals surface area contributed by atoms with Gasteiger partial charge in [0.15, 0.2) is 0 Å². The van der Waals surface area contributed by atoms with Gasteiger partial charge in [-0.1, -0.05) is 30.3 Å². The maximum absolute atomic E-state index is 12.0. The van der Waals surface area contributed by atoms with Crippen molar-refractivity contribution in [3.05, 3.63) is 65.7 Å². The van der Waals surface area contributed by atoms with E-state index in [1.807, 2.05) is 0 Å². The zero-order valence-corrected chi connectivity index (χ0v) is 18.4. The van der Waals surface area contributed by atoms with Crippen molar-refractivity contribution in [2.24, 2.45) is 0 Å². The molecule has 4 N–H and O–H groups in total. The Bertz CT molecular complexity index is 937. The normalized spacial score (nSPS) is 10.6. The van der Waals surface area contributed by atoms with Gasteiger partial charge in [-0.05, 0) is 50.6 Å². The van der Waals surface area contributed by atoms with E-state index in [4.69, 9.17) is 4.74 Å². The molecular weight excluding hydrogens is 412 g/mol. The molecule has 9 nitrogen and oxygen atoms in total. The van der Waals surface area contributed by atoms with E-state index < -0.39 is 11.7 Å². The summed E-state index contributed by atoms with van der Waals surface area (Å²) < 4.78 is 5.06. The summed E-state index contributed by atoms with van der Waals surface area (Å²) in [6.45, 7) is 5.11. The van der Waals surface area contributed by atoms with Crippen molar-refractivity contribution < 1.29 is 23.9 Å². The van der Waals surface area contributed by atoms with Crippen molar-refractivity contribution in [2.45, 2.75) is 32.9 Å². The highest BCUT2D eigenvalue weighted by molar-refractivity contribution is 5.99. The molecule has 4 amide bonds. The van der Waals surface area contributed by atoms with Crippen molar-refractivity contribution in [3.63, 3.8) is 0 Å². The number of hydrogen-bond donors (Lipinski definition) is 4. The molecule has 2 aromatic carbocycles. The van der Waals surface area contributed by atoms with Gasteiger partial charge in [0.25, 0.3) is 5.91 Å². The summed E-state index contributed by atoms with van der Waals surface area (Å²) in [6.07, 6.45) is -0.660. The summed E-state index contributed by atoms with van der Waals surface area (Å²) in [5.41, 5.74) is 1.22. The van der Waals surface area contributed by atoms with Gasteiger partial charge < -0.3 is 26.0 Å². The van der Waals surface area contributed by atoms with Crippen molar-refractivity contribution >= 4 is 29.5 Å². The highest BCUT2D eigenvalue weighted by Crippen LogP contribution is 2.09. The number of carbonyl (C=O) groups excluding carboxylic acids is 4. The number of alkyl carbamates (subject to hydrolysis) is 1. The van der Waals surface area contributed by atoms with Crippen molar-refractivity contribution in [1.82, 2.24) is 16.0 Å². The zero-order chi connectivity index (χ0) is 23.6. The number of hydrogen-bond acceptors (Lipinski definition) is 5. The molecule has 0 bridgehead atoms. The van der Waals surface area contributed by atoms with Gasteiger partial charge in [-0.25, -0.2) is 4.79 Å². The lowest BCUT2D eigenvalue weighted by Gasteiger charge is -2.19. The largest absolute Gasteiger partial charge is 0.444 e. The third-order valence-corrected chi connectivity index (χ3v) is 3.97. The summed E-state index contributed by atoms with van der Waals surface area (Å²) in [6, 6.07) is 15.5. The fourth-order valence-corrected chi connectivity index (χ4v) is 2.49. The molecule has 2 rings (SSSR count). The van der Waals surface area contributed by atoms with Crippen LogP contribution in [0.1, 0.15) is 36.7 Å². The summed E-state index contributed by atoms with van der Waals surface area (Å²) in [5, 5.41) is 10.3. The Labute approximate surface area is 186 Å². The number of rotatable bonds is 8. The zero-order valence-electron chi connectivity index (χ0n) is 18.4. The van der Waals surface area contributed by atoms with Gasteiger partial charge in [-0.2, -0.15) is 0 Å². The molecule has 0 saturated carbocycles. The lowest BCUT2D eigenvalue weighted by Crippen LogP contribution is -2.39. The highest BCUT2D eigenvalue weighted by atomic mass is 16.6. The quantitative estimate of drug-likeness (QED) is 0.501. The number of benzene rings is 2. The minimum absolute atomic E-state index is 0.157. The predicted octanol–water partition coefficient (Wildman–Crippen LogP) is 2.20. The van der Waals surface area contributed by atoms with Crippen molar-refractivity contribution in [2.75, 3.05) is 18.4 Å². The maximum atomic E-state index is 12.0.